The van der Waals surface area contributed by atoms with Gasteiger partial charge in [0, 0.05) is 13.1 Å². The van der Waals surface area contributed by atoms with Gasteiger partial charge >= 0.3 is 0 Å². The maximum Gasteiger partial charge on any atom is 0.252 e. The summed E-state index contributed by atoms with van der Waals surface area (Å²) < 4.78 is 27.4. The normalized spacial score (nSPS) is 16.9. The molecule has 1 aromatic heterocycles. The van der Waals surface area contributed by atoms with Gasteiger partial charge in [-0.15, -0.1) is 11.3 Å². The van der Waals surface area contributed by atoms with Crippen molar-refractivity contribution in [2.45, 2.75) is 24.0 Å². The third-order valence-electron chi connectivity index (χ3n) is 2.65. The minimum Gasteiger partial charge on any atom is -0.206 e. The fourth-order valence-corrected chi connectivity index (χ4v) is 5.24. The molecule has 3 nitrogen and oxygen atoms in total. The Labute approximate surface area is 109 Å². The Morgan fingerprint density at radius 2 is 2.19 bits per heavy atom. The van der Waals surface area contributed by atoms with Crippen LogP contribution < -0.4 is 0 Å². The van der Waals surface area contributed by atoms with E-state index in [4.69, 9.17) is 0 Å². The summed E-state index contributed by atoms with van der Waals surface area (Å²) in [5, 5.41) is 0. The predicted octanol–water partition coefficient (Wildman–Crippen LogP) is 2.93. The lowest BCUT2D eigenvalue weighted by Crippen LogP contribution is -2.32. The topological polar surface area (TPSA) is 37.4 Å². The molecule has 0 spiro atoms. The van der Waals surface area contributed by atoms with Crippen LogP contribution in [0.2, 0.25) is 0 Å². The van der Waals surface area contributed by atoms with E-state index >= 15 is 0 Å². The Kier molecular flexibility index (Phi) is 3.73. The van der Waals surface area contributed by atoms with Gasteiger partial charge < -0.3 is 0 Å². The molecule has 16 heavy (non-hydrogen) atoms. The molecule has 0 amide bonds. The standard InChI is InChI=1S/C10H14BrNO2S2/c1-2-12(7-8-3-4-8)16(13,14)10-6-5-9(11)15-10/h5-6,8H,2-4,7H2,1H3. The third-order valence-corrected chi connectivity index (χ3v) is 6.69. The molecule has 1 saturated carbocycles. The van der Waals surface area contributed by atoms with Gasteiger partial charge in [0.15, 0.2) is 0 Å². The highest BCUT2D eigenvalue weighted by Crippen LogP contribution is 2.33. The van der Waals surface area contributed by atoms with Gasteiger partial charge in [-0.25, -0.2) is 8.42 Å². The summed E-state index contributed by atoms with van der Waals surface area (Å²) in [7, 11) is -3.26. The maximum absolute atomic E-state index is 12.3. The van der Waals surface area contributed by atoms with E-state index in [9.17, 15) is 8.42 Å². The van der Waals surface area contributed by atoms with Gasteiger partial charge in [0.2, 0.25) is 0 Å². The highest BCUT2D eigenvalue weighted by molar-refractivity contribution is 9.11. The van der Waals surface area contributed by atoms with Crippen molar-refractivity contribution in [3.8, 4) is 0 Å². The molecular formula is C10H14BrNO2S2. The van der Waals surface area contributed by atoms with Crippen molar-refractivity contribution in [1.82, 2.24) is 4.31 Å². The van der Waals surface area contributed by atoms with Crippen LogP contribution in [-0.4, -0.2) is 25.8 Å². The number of hydrogen-bond donors (Lipinski definition) is 0. The average Bonchev–Trinajstić information content (AvgIpc) is 2.95. The Morgan fingerprint density at radius 3 is 2.62 bits per heavy atom. The van der Waals surface area contributed by atoms with Crippen LogP contribution in [-0.2, 0) is 10.0 Å². The molecule has 0 N–H and O–H groups in total. The van der Waals surface area contributed by atoms with E-state index in [0.29, 0.717) is 23.2 Å². The quantitative estimate of drug-likeness (QED) is 0.835. The van der Waals surface area contributed by atoms with Crippen LogP contribution in [0.3, 0.4) is 0 Å². The first-order valence-corrected chi connectivity index (χ1v) is 8.34. The first kappa shape index (κ1) is 12.5. The van der Waals surface area contributed by atoms with Crippen molar-refractivity contribution in [1.29, 1.82) is 0 Å². The zero-order valence-corrected chi connectivity index (χ0v) is 12.2. The number of hydrogen-bond acceptors (Lipinski definition) is 3. The highest BCUT2D eigenvalue weighted by atomic mass is 79.9. The summed E-state index contributed by atoms with van der Waals surface area (Å²) in [5.74, 6) is 0.582. The van der Waals surface area contributed by atoms with Crippen LogP contribution >= 0.6 is 27.3 Å². The second-order valence-corrected chi connectivity index (χ2v) is 8.59. The van der Waals surface area contributed by atoms with Crippen LogP contribution in [0, 0.1) is 5.92 Å². The van der Waals surface area contributed by atoms with Gasteiger partial charge in [-0.05, 0) is 46.8 Å². The molecule has 0 atom stereocenters. The summed E-state index contributed by atoms with van der Waals surface area (Å²) in [6, 6.07) is 3.45. The van der Waals surface area contributed by atoms with Gasteiger partial charge in [-0.2, -0.15) is 4.31 Å². The second-order valence-electron chi connectivity index (χ2n) is 3.96. The lowest BCUT2D eigenvalue weighted by atomic mass is 10.4. The van der Waals surface area contributed by atoms with Gasteiger partial charge in [0.25, 0.3) is 10.0 Å². The predicted molar refractivity (Wildman–Crippen MR) is 69.2 cm³/mol. The number of thiophene rings is 1. The van der Waals surface area contributed by atoms with Crippen LogP contribution in [0.4, 0.5) is 0 Å². The second kappa shape index (κ2) is 4.76. The summed E-state index contributed by atoms with van der Waals surface area (Å²) in [5.41, 5.74) is 0. The lowest BCUT2D eigenvalue weighted by Gasteiger charge is -2.18. The average molecular weight is 324 g/mol. The summed E-state index contributed by atoms with van der Waals surface area (Å²) >= 11 is 4.57. The van der Waals surface area contributed by atoms with Crippen molar-refractivity contribution in [2.24, 2.45) is 5.92 Å². The lowest BCUT2D eigenvalue weighted by molar-refractivity contribution is 0.413. The smallest absolute Gasteiger partial charge is 0.206 e. The largest absolute Gasteiger partial charge is 0.252 e. The highest BCUT2D eigenvalue weighted by Gasteiger charge is 2.31. The molecule has 0 unspecified atom stereocenters. The van der Waals surface area contributed by atoms with E-state index in [1.807, 2.05) is 6.92 Å². The van der Waals surface area contributed by atoms with Crippen LogP contribution in [0.15, 0.2) is 20.1 Å². The molecular weight excluding hydrogens is 310 g/mol. The SMILES string of the molecule is CCN(CC1CC1)S(=O)(=O)c1ccc(Br)s1. The Bertz CT molecular complexity index is 465. The zero-order valence-electron chi connectivity index (χ0n) is 9.02. The molecule has 1 aromatic rings. The van der Waals surface area contributed by atoms with Gasteiger partial charge in [0.05, 0.1) is 3.79 Å². The molecule has 0 aromatic carbocycles. The minimum absolute atomic E-state index is 0.432. The maximum atomic E-state index is 12.3. The monoisotopic (exact) mass is 323 g/mol. The number of rotatable bonds is 5. The third kappa shape index (κ3) is 2.67. The Balaban J connectivity index is 2.21. The molecule has 0 bridgehead atoms. The van der Waals surface area contributed by atoms with Crippen molar-refractivity contribution < 1.29 is 8.42 Å². The molecule has 1 heterocycles. The molecule has 2 rings (SSSR count). The van der Waals surface area contributed by atoms with E-state index in [1.165, 1.54) is 24.2 Å². The first-order valence-electron chi connectivity index (χ1n) is 5.29. The van der Waals surface area contributed by atoms with Gasteiger partial charge in [0.1, 0.15) is 4.21 Å². The van der Waals surface area contributed by atoms with E-state index in [0.717, 1.165) is 3.79 Å². The van der Waals surface area contributed by atoms with E-state index < -0.39 is 10.0 Å². The summed E-state index contributed by atoms with van der Waals surface area (Å²) in [6.07, 6.45) is 2.33. The molecule has 0 saturated heterocycles. The van der Waals surface area contributed by atoms with Crippen LogP contribution in [0.25, 0.3) is 0 Å². The first-order chi connectivity index (χ1) is 7.54. The fraction of sp³-hybridized carbons (Fsp3) is 0.600. The van der Waals surface area contributed by atoms with Gasteiger partial charge in [-0.3, -0.25) is 0 Å². The Hall–Kier alpha value is 0.0900. The number of sulfonamides is 1. The summed E-state index contributed by atoms with van der Waals surface area (Å²) in [4.78, 5) is 0. The minimum atomic E-state index is -3.26. The summed E-state index contributed by atoms with van der Waals surface area (Å²) in [6.45, 7) is 3.12. The molecule has 1 aliphatic carbocycles. The van der Waals surface area contributed by atoms with E-state index in [1.54, 1.807) is 16.4 Å². The molecule has 1 fully saturated rings. The zero-order chi connectivity index (χ0) is 11.8. The molecule has 0 radical (unpaired) electrons. The Morgan fingerprint density at radius 1 is 1.50 bits per heavy atom. The van der Waals surface area contributed by atoms with Crippen molar-refractivity contribution in [3.05, 3.63) is 15.9 Å². The molecule has 0 aliphatic heterocycles. The molecule has 90 valence electrons. The van der Waals surface area contributed by atoms with Gasteiger partial charge in [-0.1, -0.05) is 6.92 Å². The number of nitrogens with zero attached hydrogens (tertiary/aromatic N) is 1. The van der Waals surface area contributed by atoms with Crippen LogP contribution in [0.5, 0.6) is 0 Å². The van der Waals surface area contributed by atoms with Crippen molar-refractivity contribution in [3.63, 3.8) is 0 Å². The molecule has 6 heteroatoms. The van der Waals surface area contributed by atoms with Crippen LogP contribution in [0.1, 0.15) is 19.8 Å². The molecule has 1 aliphatic rings. The number of halogens is 1. The fourth-order valence-electron chi connectivity index (χ4n) is 1.55. The van der Waals surface area contributed by atoms with E-state index in [-0.39, 0.29) is 0 Å². The van der Waals surface area contributed by atoms with Crippen molar-refractivity contribution in [2.75, 3.05) is 13.1 Å². The van der Waals surface area contributed by atoms with Crippen molar-refractivity contribution >= 4 is 37.3 Å². The van der Waals surface area contributed by atoms with E-state index in [2.05, 4.69) is 15.9 Å².